The van der Waals surface area contributed by atoms with E-state index in [1.165, 1.54) is 0 Å². The minimum Gasteiger partial charge on any atom is -0.370 e. The first-order valence-electron chi connectivity index (χ1n) is 8.62. The molecule has 3 heterocycles. The number of likely N-dealkylation sites (N-methyl/N-ethyl adjacent to an activating group) is 1. The predicted molar refractivity (Wildman–Crippen MR) is 86.1 cm³/mol. The summed E-state index contributed by atoms with van der Waals surface area (Å²) >= 11 is 0. The number of ether oxygens (including phenoxy) is 1. The van der Waals surface area contributed by atoms with Crippen LogP contribution in [0.15, 0.2) is 0 Å². The summed E-state index contributed by atoms with van der Waals surface area (Å²) in [4.78, 5) is 31.0. The van der Waals surface area contributed by atoms with Crippen molar-refractivity contribution < 1.29 is 14.3 Å². The minimum atomic E-state index is -0.154. The molecule has 3 amide bonds. The van der Waals surface area contributed by atoms with E-state index < -0.39 is 0 Å². The third-order valence-corrected chi connectivity index (χ3v) is 4.99. The fourth-order valence-electron chi connectivity index (χ4n) is 3.68. The molecule has 0 aromatic heterocycles. The summed E-state index contributed by atoms with van der Waals surface area (Å²) in [5.74, 6) is 0.108. The largest absolute Gasteiger partial charge is 0.370 e. The molecule has 3 atom stereocenters. The Morgan fingerprint density at radius 3 is 2.43 bits per heavy atom. The molecule has 3 aliphatic heterocycles. The molecule has 7 nitrogen and oxygen atoms in total. The maximum absolute atomic E-state index is 12.8. The Labute approximate surface area is 137 Å². The van der Waals surface area contributed by atoms with Gasteiger partial charge in [-0.3, -0.25) is 4.79 Å². The molecule has 0 aromatic rings. The molecule has 0 aliphatic carbocycles. The van der Waals surface area contributed by atoms with Crippen LogP contribution in [-0.4, -0.2) is 91.2 Å². The number of likely N-dealkylation sites (tertiary alicyclic amines) is 1. The van der Waals surface area contributed by atoms with Crippen molar-refractivity contribution in [2.75, 3.05) is 46.3 Å². The summed E-state index contributed by atoms with van der Waals surface area (Å²) in [7, 11) is 2.08. The van der Waals surface area contributed by atoms with Gasteiger partial charge in [-0.25, -0.2) is 4.79 Å². The Bertz CT molecular complexity index is 462. The SMILES string of the molecule is CC(C)NC(=O)N1C[C@H]2C[C@H](C(=O)N3CCN(C)CC3)[C@@H](C1)O2. The van der Waals surface area contributed by atoms with E-state index in [4.69, 9.17) is 4.74 Å². The quantitative estimate of drug-likeness (QED) is 0.775. The van der Waals surface area contributed by atoms with Crippen LogP contribution < -0.4 is 5.32 Å². The fraction of sp³-hybridized carbons (Fsp3) is 0.875. The molecule has 2 bridgehead atoms. The lowest BCUT2D eigenvalue weighted by atomic mass is 9.98. The van der Waals surface area contributed by atoms with Crippen molar-refractivity contribution in [1.82, 2.24) is 20.0 Å². The predicted octanol–water partition coefficient (Wildman–Crippen LogP) is -0.0323. The van der Waals surface area contributed by atoms with Crippen molar-refractivity contribution >= 4 is 11.9 Å². The van der Waals surface area contributed by atoms with Crippen LogP contribution in [0, 0.1) is 5.92 Å². The molecule has 0 aromatic carbocycles. The van der Waals surface area contributed by atoms with Crippen LogP contribution in [0.2, 0.25) is 0 Å². The lowest BCUT2D eigenvalue weighted by Gasteiger charge is -2.36. The maximum Gasteiger partial charge on any atom is 0.317 e. The highest BCUT2D eigenvalue weighted by Crippen LogP contribution is 2.33. The first-order chi connectivity index (χ1) is 10.9. The Morgan fingerprint density at radius 2 is 1.78 bits per heavy atom. The molecule has 130 valence electrons. The standard InChI is InChI=1S/C16H28N4O3/c1-11(2)17-16(22)20-9-12-8-13(14(10-20)23-12)15(21)19-6-4-18(3)5-7-19/h11-14H,4-10H2,1-3H3,(H,17,22)/t12-,13+,14-/m1/s1. The van der Waals surface area contributed by atoms with Gasteiger partial charge in [-0.2, -0.15) is 0 Å². The van der Waals surface area contributed by atoms with Crippen LogP contribution in [0.3, 0.4) is 0 Å². The summed E-state index contributed by atoms with van der Waals surface area (Å²) in [5.41, 5.74) is 0. The number of hydrogen-bond donors (Lipinski definition) is 1. The van der Waals surface area contributed by atoms with Gasteiger partial charge in [0.25, 0.3) is 0 Å². The number of carbonyl (C=O) groups is 2. The number of carbonyl (C=O) groups excluding carboxylic acids is 2. The number of hydrogen-bond acceptors (Lipinski definition) is 4. The number of urea groups is 1. The Morgan fingerprint density at radius 1 is 1.09 bits per heavy atom. The van der Waals surface area contributed by atoms with Gasteiger partial charge in [0.15, 0.2) is 0 Å². The molecule has 3 rings (SSSR count). The van der Waals surface area contributed by atoms with Crippen LogP contribution >= 0.6 is 0 Å². The highest BCUT2D eigenvalue weighted by atomic mass is 16.5. The number of nitrogens with zero attached hydrogens (tertiary/aromatic N) is 3. The zero-order valence-electron chi connectivity index (χ0n) is 14.3. The summed E-state index contributed by atoms with van der Waals surface area (Å²) in [6, 6.07) is 0.0664. The van der Waals surface area contributed by atoms with E-state index in [1.807, 2.05) is 18.7 Å². The molecular weight excluding hydrogens is 296 g/mol. The Kier molecular flexibility index (Phi) is 4.77. The minimum absolute atomic E-state index is 0.00641. The lowest BCUT2D eigenvalue weighted by molar-refractivity contribution is -0.139. The van der Waals surface area contributed by atoms with E-state index in [9.17, 15) is 9.59 Å². The Hall–Kier alpha value is -1.34. The third-order valence-electron chi connectivity index (χ3n) is 4.99. The van der Waals surface area contributed by atoms with Crippen LogP contribution in [0.1, 0.15) is 20.3 Å². The maximum atomic E-state index is 12.8. The third kappa shape index (κ3) is 3.61. The van der Waals surface area contributed by atoms with Crippen LogP contribution in [-0.2, 0) is 9.53 Å². The molecule has 0 unspecified atom stereocenters. The van der Waals surface area contributed by atoms with Crippen molar-refractivity contribution in [3.63, 3.8) is 0 Å². The van der Waals surface area contributed by atoms with Gasteiger partial charge in [0, 0.05) is 45.3 Å². The summed E-state index contributed by atoms with van der Waals surface area (Å²) in [6.45, 7) is 8.44. The molecule has 3 fully saturated rings. The second-order valence-corrected chi connectivity index (χ2v) is 7.28. The number of piperazine rings is 1. The van der Waals surface area contributed by atoms with Gasteiger partial charge in [-0.05, 0) is 27.3 Å². The van der Waals surface area contributed by atoms with Gasteiger partial charge < -0.3 is 24.8 Å². The van der Waals surface area contributed by atoms with Gasteiger partial charge in [0.1, 0.15) is 0 Å². The zero-order chi connectivity index (χ0) is 16.6. The van der Waals surface area contributed by atoms with Crippen molar-refractivity contribution in [2.45, 2.75) is 38.5 Å². The molecule has 1 N–H and O–H groups in total. The van der Waals surface area contributed by atoms with E-state index in [1.54, 1.807) is 4.90 Å². The summed E-state index contributed by atoms with van der Waals surface area (Å²) in [5, 5.41) is 2.92. The molecule has 0 spiro atoms. The topological polar surface area (TPSA) is 65.1 Å². The summed E-state index contributed by atoms with van der Waals surface area (Å²) in [6.07, 6.45) is 0.577. The fourth-order valence-corrected chi connectivity index (χ4v) is 3.68. The van der Waals surface area contributed by atoms with Crippen molar-refractivity contribution in [1.29, 1.82) is 0 Å². The molecule has 7 heteroatoms. The number of morpholine rings is 1. The van der Waals surface area contributed by atoms with Crippen LogP contribution in [0.25, 0.3) is 0 Å². The van der Waals surface area contributed by atoms with Gasteiger partial charge in [-0.1, -0.05) is 0 Å². The average Bonchev–Trinajstić information content (AvgIpc) is 2.80. The number of fused-ring (bicyclic) bond motifs is 2. The number of rotatable bonds is 2. The normalized spacial score (nSPS) is 31.6. The molecule has 3 aliphatic rings. The number of amides is 3. The summed E-state index contributed by atoms with van der Waals surface area (Å²) < 4.78 is 5.95. The second kappa shape index (κ2) is 6.65. The molecule has 0 saturated carbocycles. The van der Waals surface area contributed by atoms with Crippen LogP contribution in [0.5, 0.6) is 0 Å². The smallest absolute Gasteiger partial charge is 0.317 e. The second-order valence-electron chi connectivity index (χ2n) is 7.28. The van der Waals surface area contributed by atoms with Gasteiger partial charge in [0.2, 0.25) is 5.91 Å². The number of nitrogens with one attached hydrogen (secondary N) is 1. The molecule has 23 heavy (non-hydrogen) atoms. The highest BCUT2D eigenvalue weighted by molar-refractivity contribution is 5.80. The monoisotopic (exact) mass is 324 g/mol. The van der Waals surface area contributed by atoms with E-state index >= 15 is 0 Å². The first-order valence-corrected chi connectivity index (χ1v) is 8.62. The Balaban J connectivity index is 1.59. The first kappa shape index (κ1) is 16.5. The lowest BCUT2D eigenvalue weighted by Crippen LogP contribution is -2.53. The van der Waals surface area contributed by atoms with E-state index in [-0.39, 0.29) is 36.1 Å². The zero-order valence-corrected chi connectivity index (χ0v) is 14.3. The van der Waals surface area contributed by atoms with Gasteiger partial charge >= 0.3 is 6.03 Å². The van der Waals surface area contributed by atoms with E-state index in [2.05, 4.69) is 17.3 Å². The van der Waals surface area contributed by atoms with Crippen molar-refractivity contribution in [3.05, 3.63) is 0 Å². The van der Waals surface area contributed by atoms with E-state index in [0.717, 1.165) is 32.6 Å². The average molecular weight is 324 g/mol. The molecule has 3 saturated heterocycles. The highest BCUT2D eigenvalue weighted by Gasteiger charge is 2.47. The van der Waals surface area contributed by atoms with Gasteiger partial charge in [-0.15, -0.1) is 0 Å². The van der Waals surface area contributed by atoms with Crippen molar-refractivity contribution in [2.24, 2.45) is 5.92 Å². The molecular formula is C16H28N4O3. The van der Waals surface area contributed by atoms with Gasteiger partial charge in [0.05, 0.1) is 18.1 Å². The van der Waals surface area contributed by atoms with Crippen molar-refractivity contribution in [3.8, 4) is 0 Å². The van der Waals surface area contributed by atoms with E-state index in [0.29, 0.717) is 13.1 Å². The van der Waals surface area contributed by atoms with Crippen LogP contribution in [0.4, 0.5) is 4.79 Å². The molecule has 0 radical (unpaired) electrons.